The van der Waals surface area contributed by atoms with Gasteiger partial charge in [-0.3, -0.25) is 14.7 Å². The Morgan fingerprint density at radius 3 is 2.55 bits per heavy atom. The van der Waals surface area contributed by atoms with Gasteiger partial charge in [-0.25, -0.2) is 4.98 Å². The number of nitrogens with one attached hydrogen (secondary N) is 2. The van der Waals surface area contributed by atoms with E-state index in [2.05, 4.69) is 20.5 Å². The topological polar surface area (TPSA) is 100 Å². The first-order valence-electron chi connectivity index (χ1n) is 10.5. The summed E-state index contributed by atoms with van der Waals surface area (Å²) in [5.41, 5.74) is 2.51. The van der Waals surface area contributed by atoms with Gasteiger partial charge in [-0.15, -0.1) is 0 Å². The number of H-pyrrole nitrogens is 1. The predicted molar refractivity (Wildman–Crippen MR) is 115 cm³/mol. The number of aromatic nitrogens is 3. The van der Waals surface area contributed by atoms with Crippen LogP contribution in [-0.2, 0) is 4.74 Å². The van der Waals surface area contributed by atoms with Crippen LogP contribution in [0.5, 0.6) is 0 Å². The van der Waals surface area contributed by atoms with Crippen LogP contribution in [0.3, 0.4) is 0 Å². The van der Waals surface area contributed by atoms with E-state index in [1.165, 1.54) is 0 Å². The molecule has 0 atom stereocenters. The first-order valence-corrected chi connectivity index (χ1v) is 10.5. The van der Waals surface area contributed by atoms with Gasteiger partial charge in [0.1, 0.15) is 5.82 Å². The molecular formula is C23H23N5O3. The fourth-order valence-electron chi connectivity index (χ4n) is 3.60. The maximum Gasteiger partial charge on any atom is 0.255 e. The average Bonchev–Trinajstić information content (AvgIpc) is 3.56. The van der Waals surface area contributed by atoms with Gasteiger partial charge < -0.3 is 15.0 Å². The Morgan fingerprint density at radius 2 is 1.81 bits per heavy atom. The summed E-state index contributed by atoms with van der Waals surface area (Å²) < 4.78 is 5.30. The molecule has 0 bridgehead atoms. The molecule has 1 saturated carbocycles. The molecule has 2 aliphatic rings. The zero-order valence-corrected chi connectivity index (χ0v) is 17.0. The minimum atomic E-state index is -0.240. The van der Waals surface area contributed by atoms with E-state index in [9.17, 15) is 9.59 Å². The monoisotopic (exact) mass is 417 g/mol. The van der Waals surface area contributed by atoms with Crippen LogP contribution in [0.4, 0.5) is 5.69 Å². The number of aromatic amines is 1. The van der Waals surface area contributed by atoms with Crippen molar-refractivity contribution >= 4 is 17.5 Å². The Kier molecular flexibility index (Phi) is 5.21. The Hall–Kier alpha value is -3.52. The molecule has 0 radical (unpaired) electrons. The number of carbonyl (C=O) groups excluding carboxylic acids is 2. The van der Waals surface area contributed by atoms with Crippen LogP contribution in [0.2, 0.25) is 0 Å². The second kappa shape index (κ2) is 8.31. The number of benzene rings is 2. The lowest BCUT2D eigenvalue weighted by atomic mass is 10.1. The first kappa shape index (κ1) is 19.4. The van der Waals surface area contributed by atoms with Crippen LogP contribution in [-0.4, -0.2) is 58.2 Å². The second-order valence-electron chi connectivity index (χ2n) is 7.84. The van der Waals surface area contributed by atoms with Crippen molar-refractivity contribution in [3.63, 3.8) is 0 Å². The lowest BCUT2D eigenvalue weighted by molar-refractivity contribution is 0.0303. The highest BCUT2D eigenvalue weighted by Gasteiger charge is 2.27. The second-order valence-corrected chi connectivity index (χ2v) is 7.84. The standard InChI is InChI=1S/C23H23N5O3/c29-22(17-8-6-16(7-9-17)21-25-20(26-27-21)15-4-5-15)24-19-3-1-2-18(14-19)23(30)28-10-12-31-13-11-28/h1-3,6-9,14-15H,4-5,10-13H2,(H,24,29)(H,25,26,27). The molecule has 2 amide bonds. The van der Waals surface area contributed by atoms with Crippen LogP contribution < -0.4 is 5.32 Å². The first-order chi connectivity index (χ1) is 15.2. The number of amides is 2. The van der Waals surface area contributed by atoms with Crippen molar-refractivity contribution in [3.8, 4) is 11.4 Å². The zero-order chi connectivity index (χ0) is 21.2. The molecule has 2 N–H and O–H groups in total. The normalized spacial score (nSPS) is 16.2. The van der Waals surface area contributed by atoms with Crippen LogP contribution in [0, 0.1) is 0 Å². The lowest BCUT2D eigenvalue weighted by Crippen LogP contribution is -2.40. The van der Waals surface area contributed by atoms with Gasteiger partial charge >= 0.3 is 0 Å². The maximum atomic E-state index is 12.7. The Bertz CT molecular complexity index is 1100. The van der Waals surface area contributed by atoms with E-state index in [1.54, 1.807) is 41.3 Å². The third-order valence-electron chi connectivity index (χ3n) is 5.54. The van der Waals surface area contributed by atoms with E-state index < -0.39 is 0 Å². The molecule has 2 aromatic carbocycles. The predicted octanol–water partition coefficient (Wildman–Crippen LogP) is 3.07. The van der Waals surface area contributed by atoms with Gasteiger partial charge in [0.15, 0.2) is 5.82 Å². The lowest BCUT2D eigenvalue weighted by Gasteiger charge is -2.27. The van der Waals surface area contributed by atoms with E-state index in [4.69, 9.17) is 4.74 Å². The highest BCUT2D eigenvalue weighted by Crippen LogP contribution is 2.38. The average molecular weight is 417 g/mol. The highest BCUT2D eigenvalue weighted by molar-refractivity contribution is 6.05. The Balaban J connectivity index is 1.25. The van der Waals surface area contributed by atoms with Gasteiger partial charge in [-0.2, -0.15) is 5.10 Å². The maximum absolute atomic E-state index is 12.7. The summed E-state index contributed by atoms with van der Waals surface area (Å²) in [6.07, 6.45) is 2.32. The number of morpholine rings is 1. The SMILES string of the molecule is O=C(Nc1cccc(C(=O)N2CCOCC2)c1)c1ccc(-c2n[nH]c(C3CC3)n2)cc1. The van der Waals surface area contributed by atoms with Crippen molar-refractivity contribution in [2.24, 2.45) is 0 Å². The smallest absolute Gasteiger partial charge is 0.255 e. The molecule has 2 fully saturated rings. The molecule has 31 heavy (non-hydrogen) atoms. The molecule has 8 heteroatoms. The quantitative estimate of drug-likeness (QED) is 0.665. The van der Waals surface area contributed by atoms with Crippen molar-refractivity contribution in [3.05, 3.63) is 65.5 Å². The molecule has 158 valence electrons. The molecule has 1 aromatic heterocycles. The third-order valence-corrected chi connectivity index (χ3v) is 5.54. The van der Waals surface area contributed by atoms with Crippen molar-refractivity contribution in [2.45, 2.75) is 18.8 Å². The largest absolute Gasteiger partial charge is 0.378 e. The third kappa shape index (κ3) is 4.34. The number of hydrogen-bond donors (Lipinski definition) is 2. The van der Waals surface area contributed by atoms with Gasteiger partial charge in [-0.05, 0) is 43.2 Å². The number of ether oxygens (including phenoxy) is 1. The van der Waals surface area contributed by atoms with E-state index in [-0.39, 0.29) is 11.8 Å². The van der Waals surface area contributed by atoms with Crippen LogP contribution >= 0.6 is 0 Å². The fourth-order valence-corrected chi connectivity index (χ4v) is 3.60. The van der Waals surface area contributed by atoms with Crippen molar-refractivity contribution in [1.82, 2.24) is 20.1 Å². The molecule has 8 nitrogen and oxygen atoms in total. The summed E-state index contributed by atoms with van der Waals surface area (Å²) in [5, 5.41) is 10.1. The number of anilines is 1. The van der Waals surface area contributed by atoms with E-state index in [0.717, 1.165) is 24.2 Å². The zero-order valence-electron chi connectivity index (χ0n) is 17.0. The van der Waals surface area contributed by atoms with Crippen LogP contribution in [0.15, 0.2) is 48.5 Å². The molecule has 5 rings (SSSR count). The van der Waals surface area contributed by atoms with Crippen molar-refractivity contribution in [1.29, 1.82) is 0 Å². The molecular weight excluding hydrogens is 394 g/mol. The molecule has 3 aromatic rings. The Morgan fingerprint density at radius 1 is 1.03 bits per heavy atom. The fraction of sp³-hybridized carbons (Fsp3) is 0.304. The van der Waals surface area contributed by atoms with Crippen LogP contribution in [0.1, 0.15) is 45.3 Å². The van der Waals surface area contributed by atoms with Gasteiger partial charge in [0, 0.05) is 41.4 Å². The summed E-state index contributed by atoms with van der Waals surface area (Å²) in [4.78, 5) is 31.7. The highest BCUT2D eigenvalue weighted by atomic mass is 16.5. The van der Waals surface area contributed by atoms with E-state index >= 15 is 0 Å². The molecule has 0 spiro atoms. The minimum Gasteiger partial charge on any atom is -0.378 e. The summed E-state index contributed by atoms with van der Waals surface area (Å²) in [5.74, 6) is 1.79. The summed E-state index contributed by atoms with van der Waals surface area (Å²) >= 11 is 0. The number of carbonyl (C=O) groups is 2. The molecule has 2 heterocycles. The van der Waals surface area contributed by atoms with Crippen LogP contribution in [0.25, 0.3) is 11.4 Å². The van der Waals surface area contributed by atoms with E-state index in [0.29, 0.717) is 54.9 Å². The van der Waals surface area contributed by atoms with Gasteiger partial charge in [0.25, 0.3) is 11.8 Å². The Labute approximate surface area is 179 Å². The number of rotatable bonds is 5. The molecule has 1 aliphatic heterocycles. The van der Waals surface area contributed by atoms with Gasteiger partial charge in [0.2, 0.25) is 0 Å². The minimum absolute atomic E-state index is 0.0548. The van der Waals surface area contributed by atoms with Gasteiger partial charge in [0.05, 0.1) is 13.2 Å². The molecule has 1 saturated heterocycles. The molecule has 0 unspecified atom stereocenters. The summed E-state index contributed by atoms with van der Waals surface area (Å²) in [7, 11) is 0. The van der Waals surface area contributed by atoms with Crippen molar-refractivity contribution < 1.29 is 14.3 Å². The number of nitrogens with zero attached hydrogens (tertiary/aromatic N) is 3. The summed E-state index contributed by atoms with van der Waals surface area (Å²) in [6.45, 7) is 2.26. The van der Waals surface area contributed by atoms with E-state index in [1.807, 2.05) is 12.1 Å². The summed E-state index contributed by atoms with van der Waals surface area (Å²) in [6, 6.07) is 14.2. The van der Waals surface area contributed by atoms with Gasteiger partial charge in [-0.1, -0.05) is 18.2 Å². The molecule has 1 aliphatic carbocycles. The van der Waals surface area contributed by atoms with Crippen molar-refractivity contribution in [2.75, 3.05) is 31.6 Å². The number of hydrogen-bond acceptors (Lipinski definition) is 5.